The molecule has 0 radical (unpaired) electrons. The van der Waals surface area contributed by atoms with Crippen LogP contribution in [0.5, 0.6) is 0 Å². The number of H-pyrrole nitrogens is 1. The average molecular weight is 284 g/mol. The lowest BCUT2D eigenvalue weighted by molar-refractivity contribution is 0.192. The normalized spacial score (nSPS) is 18.6. The second-order valence-electron chi connectivity index (χ2n) is 5.46. The molecule has 1 saturated heterocycles. The summed E-state index contributed by atoms with van der Waals surface area (Å²) < 4.78 is 10.7. The molecule has 1 aliphatic rings. The SMILES string of the molecule is Cc1nc2ccc(Cc3nc([C@@H]4CCOC4)no3)cc2[nH]1. The van der Waals surface area contributed by atoms with Crippen molar-refractivity contribution in [3.63, 3.8) is 0 Å². The third-order valence-corrected chi connectivity index (χ3v) is 3.80. The van der Waals surface area contributed by atoms with Crippen molar-refractivity contribution in [1.82, 2.24) is 20.1 Å². The van der Waals surface area contributed by atoms with Crippen LogP contribution in [-0.4, -0.2) is 33.3 Å². The molecule has 4 rings (SSSR count). The zero-order chi connectivity index (χ0) is 14.2. The number of nitrogens with zero attached hydrogens (tertiary/aromatic N) is 3. The number of fused-ring (bicyclic) bond motifs is 1. The van der Waals surface area contributed by atoms with E-state index in [1.165, 1.54) is 0 Å². The number of aromatic amines is 1. The van der Waals surface area contributed by atoms with Gasteiger partial charge >= 0.3 is 0 Å². The Balaban J connectivity index is 1.56. The summed E-state index contributed by atoms with van der Waals surface area (Å²) in [5.74, 6) is 2.61. The number of imidazole rings is 1. The molecule has 3 aromatic rings. The summed E-state index contributed by atoms with van der Waals surface area (Å²) in [5.41, 5.74) is 3.14. The van der Waals surface area contributed by atoms with Crippen LogP contribution in [0.25, 0.3) is 11.0 Å². The van der Waals surface area contributed by atoms with Crippen molar-refractivity contribution in [3.8, 4) is 0 Å². The number of hydrogen-bond acceptors (Lipinski definition) is 5. The zero-order valence-electron chi connectivity index (χ0n) is 11.8. The summed E-state index contributed by atoms with van der Waals surface area (Å²) in [6, 6.07) is 6.14. The summed E-state index contributed by atoms with van der Waals surface area (Å²) >= 11 is 0. The summed E-state index contributed by atoms with van der Waals surface area (Å²) in [4.78, 5) is 12.1. The molecule has 0 spiro atoms. The lowest BCUT2D eigenvalue weighted by atomic mass is 10.1. The minimum atomic E-state index is 0.278. The van der Waals surface area contributed by atoms with E-state index in [0.717, 1.165) is 41.3 Å². The Bertz CT molecular complexity index is 771. The van der Waals surface area contributed by atoms with Crippen LogP contribution < -0.4 is 0 Å². The van der Waals surface area contributed by atoms with Gasteiger partial charge in [0.1, 0.15) is 5.82 Å². The maximum atomic E-state index is 5.36. The van der Waals surface area contributed by atoms with Gasteiger partial charge < -0.3 is 14.2 Å². The number of rotatable bonds is 3. The van der Waals surface area contributed by atoms with Gasteiger partial charge in [0.15, 0.2) is 5.82 Å². The summed E-state index contributed by atoms with van der Waals surface area (Å²) in [6.45, 7) is 3.43. The Hall–Kier alpha value is -2.21. The van der Waals surface area contributed by atoms with Gasteiger partial charge in [-0.3, -0.25) is 0 Å². The topological polar surface area (TPSA) is 76.8 Å². The highest BCUT2D eigenvalue weighted by Crippen LogP contribution is 2.23. The van der Waals surface area contributed by atoms with Crippen molar-refractivity contribution >= 4 is 11.0 Å². The first-order valence-corrected chi connectivity index (χ1v) is 7.13. The first kappa shape index (κ1) is 12.5. The van der Waals surface area contributed by atoms with Crippen LogP contribution in [-0.2, 0) is 11.2 Å². The van der Waals surface area contributed by atoms with Crippen LogP contribution >= 0.6 is 0 Å². The molecule has 21 heavy (non-hydrogen) atoms. The second-order valence-corrected chi connectivity index (χ2v) is 5.46. The van der Waals surface area contributed by atoms with E-state index in [1.54, 1.807) is 0 Å². The van der Waals surface area contributed by atoms with Crippen molar-refractivity contribution in [1.29, 1.82) is 0 Å². The zero-order valence-corrected chi connectivity index (χ0v) is 11.8. The Morgan fingerprint density at radius 3 is 3.14 bits per heavy atom. The third-order valence-electron chi connectivity index (χ3n) is 3.80. The molecule has 1 aliphatic heterocycles. The molecule has 1 fully saturated rings. The molecule has 0 unspecified atom stereocenters. The molecular weight excluding hydrogens is 268 g/mol. The quantitative estimate of drug-likeness (QED) is 0.799. The van der Waals surface area contributed by atoms with Gasteiger partial charge in [-0.15, -0.1) is 0 Å². The number of benzene rings is 1. The fourth-order valence-corrected chi connectivity index (χ4v) is 2.71. The van der Waals surface area contributed by atoms with Crippen LogP contribution in [0.2, 0.25) is 0 Å². The summed E-state index contributed by atoms with van der Waals surface area (Å²) in [7, 11) is 0. The van der Waals surface area contributed by atoms with E-state index < -0.39 is 0 Å². The second kappa shape index (κ2) is 4.96. The van der Waals surface area contributed by atoms with Crippen molar-refractivity contribution in [2.75, 3.05) is 13.2 Å². The minimum Gasteiger partial charge on any atom is -0.381 e. The summed E-state index contributed by atoms with van der Waals surface area (Å²) in [5, 5.41) is 4.07. The van der Waals surface area contributed by atoms with Gasteiger partial charge in [-0.05, 0) is 31.0 Å². The molecule has 0 aliphatic carbocycles. The number of ether oxygens (including phenoxy) is 1. The van der Waals surface area contributed by atoms with Crippen molar-refractivity contribution < 1.29 is 9.26 Å². The largest absolute Gasteiger partial charge is 0.381 e. The van der Waals surface area contributed by atoms with E-state index in [0.29, 0.717) is 18.9 Å². The van der Waals surface area contributed by atoms with Crippen molar-refractivity contribution in [2.24, 2.45) is 0 Å². The van der Waals surface area contributed by atoms with Crippen LogP contribution in [0, 0.1) is 6.92 Å². The fourth-order valence-electron chi connectivity index (χ4n) is 2.71. The third kappa shape index (κ3) is 2.42. The highest BCUT2D eigenvalue weighted by atomic mass is 16.5. The monoisotopic (exact) mass is 284 g/mol. The Labute approximate surface area is 121 Å². The molecule has 1 N–H and O–H groups in total. The van der Waals surface area contributed by atoms with E-state index in [-0.39, 0.29) is 5.92 Å². The molecule has 6 heteroatoms. The molecule has 3 heterocycles. The smallest absolute Gasteiger partial charge is 0.231 e. The van der Waals surface area contributed by atoms with Crippen LogP contribution in [0.1, 0.15) is 35.4 Å². The van der Waals surface area contributed by atoms with Gasteiger partial charge in [-0.25, -0.2) is 4.98 Å². The highest BCUT2D eigenvalue weighted by molar-refractivity contribution is 5.75. The first-order valence-electron chi connectivity index (χ1n) is 7.13. The van der Waals surface area contributed by atoms with Gasteiger partial charge in [-0.1, -0.05) is 11.2 Å². The van der Waals surface area contributed by atoms with Crippen LogP contribution in [0.4, 0.5) is 0 Å². The molecule has 6 nitrogen and oxygen atoms in total. The minimum absolute atomic E-state index is 0.278. The Kier molecular flexibility index (Phi) is 2.96. The predicted octanol–water partition coefficient (Wildman–Crippen LogP) is 2.35. The van der Waals surface area contributed by atoms with Crippen LogP contribution in [0.3, 0.4) is 0 Å². The average Bonchev–Trinajstić information content (AvgIpc) is 3.16. The Morgan fingerprint density at radius 1 is 1.33 bits per heavy atom. The number of hydrogen-bond donors (Lipinski definition) is 1. The molecule has 0 bridgehead atoms. The van der Waals surface area contributed by atoms with E-state index in [1.807, 2.05) is 19.1 Å². The molecule has 108 valence electrons. The maximum Gasteiger partial charge on any atom is 0.231 e. The van der Waals surface area contributed by atoms with Gasteiger partial charge in [0.25, 0.3) is 0 Å². The van der Waals surface area contributed by atoms with E-state index in [2.05, 4.69) is 26.2 Å². The maximum absolute atomic E-state index is 5.36. The highest BCUT2D eigenvalue weighted by Gasteiger charge is 2.23. The number of aromatic nitrogens is 4. The molecule has 0 saturated carbocycles. The molecule has 1 atom stereocenters. The van der Waals surface area contributed by atoms with Gasteiger partial charge in [0, 0.05) is 12.5 Å². The standard InChI is InChI=1S/C15H16N4O2/c1-9-16-12-3-2-10(6-13(12)17-9)7-14-18-15(19-21-14)11-4-5-20-8-11/h2-3,6,11H,4-5,7-8H2,1H3,(H,16,17)/t11-/m1/s1. The number of aryl methyl sites for hydroxylation is 1. The first-order chi connectivity index (χ1) is 10.3. The fraction of sp³-hybridized carbons (Fsp3) is 0.400. The lowest BCUT2D eigenvalue weighted by Gasteiger charge is -1.98. The van der Waals surface area contributed by atoms with E-state index in [9.17, 15) is 0 Å². The number of nitrogens with one attached hydrogen (secondary N) is 1. The van der Waals surface area contributed by atoms with Crippen molar-refractivity contribution in [2.45, 2.75) is 25.7 Å². The van der Waals surface area contributed by atoms with E-state index >= 15 is 0 Å². The van der Waals surface area contributed by atoms with Crippen molar-refractivity contribution in [3.05, 3.63) is 41.3 Å². The summed E-state index contributed by atoms with van der Waals surface area (Å²) in [6.07, 6.45) is 1.60. The van der Waals surface area contributed by atoms with Crippen LogP contribution in [0.15, 0.2) is 22.7 Å². The lowest BCUT2D eigenvalue weighted by Crippen LogP contribution is -2.00. The molecule has 1 aromatic carbocycles. The van der Waals surface area contributed by atoms with Gasteiger partial charge in [0.05, 0.1) is 24.1 Å². The molecule has 2 aromatic heterocycles. The van der Waals surface area contributed by atoms with E-state index in [4.69, 9.17) is 9.26 Å². The molecule has 0 amide bonds. The Morgan fingerprint density at radius 2 is 2.29 bits per heavy atom. The van der Waals surface area contributed by atoms with Gasteiger partial charge in [-0.2, -0.15) is 4.98 Å². The predicted molar refractivity (Wildman–Crippen MR) is 76.1 cm³/mol. The van der Waals surface area contributed by atoms with Gasteiger partial charge in [0.2, 0.25) is 5.89 Å². The molecular formula is C15H16N4O2.